The molecule has 8 nitrogen and oxygen atoms in total. The van der Waals surface area contributed by atoms with Crippen molar-refractivity contribution in [1.82, 2.24) is 14.5 Å². The summed E-state index contributed by atoms with van der Waals surface area (Å²) in [4.78, 5) is 41.1. The van der Waals surface area contributed by atoms with Gasteiger partial charge >= 0.3 is 0 Å². The first kappa shape index (κ1) is 27.4. The van der Waals surface area contributed by atoms with Gasteiger partial charge in [0, 0.05) is 22.6 Å². The van der Waals surface area contributed by atoms with Crippen LogP contribution in [-0.4, -0.2) is 54.0 Å². The highest BCUT2D eigenvalue weighted by Gasteiger charge is 2.43. The maximum Gasteiger partial charge on any atom is 0.269 e. The van der Waals surface area contributed by atoms with Crippen molar-refractivity contribution >= 4 is 50.9 Å². The molecule has 3 amide bonds. The van der Waals surface area contributed by atoms with E-state index in [-0.39, 0.29) is 35.4 Å². The summed E-state index contributed by atoms with van der Waals surface area (Å²) in [6.45, 7) is 0.997. The summed E-state index contributed by atoms with van der Waals surface area (Å²) in [5, 5.41) is 3.79. The van der Waals surface area contributed by atoms with E-state index in [1.54, 1.807) is 25.1 Å². The van der Waals surface area contributed by atoms with E-state index in [9.17, 15) is 22.8 Å². The smallest absolute Gasteiger partial charge is 0.269 e. The number of halogens is 2. The molecule has 11 heteroatoms. The monoisotopic (exact) mass is 565 g/mol. The fourth-order valence-electron chi connectivity index (χ4n) is 4.90. The molecule has 0 aromatic heterocycles. The number of nitrogens with zero attached hydrogens (tertiary/aromatic N) is 2. The Bertz CT molecular complexity index is 1310. The van der Waals surface area contributed by atoms with Gasteiger partial charge in [0.2, 0.25) is 11.8 Å². The van der Waals surface area contributed by atoms with E-state index >= 15 is 0 Å². The first-order valence-electron chi connectivity index (χ1n) is 12.3. The maximum atomic E-state index is 13.7. The molecule has 4 rings (SSSR count). The lowest BCUT2D eigenvalue weighted by Crippen LogP contribution is -2.53. The van der Waals surface area contributed by atoms with Gasteiger partial charge in [-0.2, -0.15) is 0 Å². The number of carbonyl (C=O) groups is 3. The van der Waals surface area contributed by atoms with Crippen molar-refractivity contribution in [3.05, 3.63) is 63.6 Å². The predicted octanol–water partition coefficient (Wildman–Crippen LogP) is 4.39. The summed E-state index contributed by atoms with van der Waals surface area (Å²) < 4.78 is 26.7. The molecule has 1 aliphatic heterocycles. The van der Waals surface area contributed by atoms with Gasteiger partial charge in [0.25, 0.3) is 15.9 Å². The molecular weight excluding hydrogens is 537 g/mol. The summed E-state index contributed by atoms with van der Waals surface area (Å²) in [6, 6.07) is 9.80. The van der Waals surface area contributed by atoms with Crippen LogP contribution in [0.25, 0.3) is 0 Å². The van der Waals surface area contributed by atoms with Crippen molar-refractivity contribution in [3.63, 3.8) is 0 Å². The average Bonchev–Trinajstić information content (AvgIpc) is 3.06. The first-order valence-corrected chi connectivity index (χ1v) is 14.5. The Kier molecular flexibility index (Phi) is 8.46. The van der Waals surface area contributed by atoms with E-state index in [0.29, 0.717) is 19.9 Å². The first-order chi connectivity index (χ1) is 17.6. The minimum absolute atomic E-state index is 0.0182. The molecule has 1 N–H and O–H groups in total. The Hall–Kier alpha value is -2.62. The number of rotatable bonds is 8. The summed E-state index contributed by atoms with van der Waals surface area (Å²) in [7, 11) is -4.19. The van der Waals surface area contributed by atoms with Gasteiger partial charge in [-0.3, -0.25) is 14.4 Å². The van der Waals surface area contributed by atoms with Crippen molar-refractivity contribution in [2.45, 2.75) is 69.0 Å². The van der Waals surface area contributed by atoms with Gasteiger partial charge in [-0.05, 0) is 49.1 Å². The lowest BCUT2D eigenvalue weighted by atomic mass is 9.95. The average molecular weight is 567 g/mol. The fourth-order valence-corrected chi connectivity index (χ4v) is 6.88. The van der Waals surface area contributed by atoms with Crippen molar-refractivity contribution in [3.8, 4) is 0 Å². The van der Waals surface area contributed by atoms with Crippen LogP contribution in [-0.2, 0) is 26.2 Å². The minimum atomic E-state index is -4.19. The molecule has 0 spiro atoms. The molecule has 0 unspecified atom stereocenters. The normalized spacial score (nSPS) is 17.8. The largest absolute Gasteiger partial charge is 0.352 e. The van der Waals surface area contributed by atoms with Crippen LogP contribution in [0.4, 0.5) is 0 Å². The van der Waals surface area contributed by atoms with E-state index in [1.807, 2.05) is 0 Å². The highest BCUT2D eigenvalue weighted by Crippen LogP contribution is 2.30. The molecule has 0 saturated heterocycles. The molecule has 1 atom stereocenters. The summed E-state index contributed by atoms with van der Waals surface area (Å²) in [6.07, 6.45) is 5.22. The Balaban J connectivity index is 1.62. The van der Waals surface area contributed by atoms with Crippen LogP contribution < -0.4 is 5.32 Å². The van der Waals surface area contributed by atoms with Crippen LogP contribution in [0.15, 0.2) is 47.4 Å². The van der Waals surface area contributed by atoms with E-state index in [4.69, 9.17) is 23.2 Å². The predicted molar refractivity (Wildman–Crippen MR) is 141 cm³/mol. The standard InChI is InChI=1S/C26H29Cl2N3O5S/c1-2-22(25(33)29-19-8-4-3-5-9-19)30(15-17-12-13-18(27)14-21(17)28)24(32)16-31-26(34)20-10-6-7-11-23(20)37(31,35)36/h6-7,10-14,19,22H,2-5,8-9,15-16H2,1H3,(H,29,33)/t22-/m0/s1. The topological polar surface area (TPSA) is 104 Å². The lowest BCUT2D eigenvalue weighted by molar-refractivity contribution is -0.141. The molecule has 1 aliphatic carbocycles. The van der Waals surface area contributed by atoms with E-state index < -0.39 is 34.4 Å². The zero-order valence-corrected chi connectivity index (χ0v) is 22.8. The number of benzene rings is 2. The van der Waals surface area contributed by atoms with Crippen LogP contribution in [0.2, 0.25) is 10.0 Å². The molecule has 1 saturated carbocycles. The Morgan fingerprint density at radius 1 is 1.11 bits per heavy atom. The number of nitrogens with one attached hydrogen (secondary N) is 1. The highest BCUT2D eigenvalue weighted by atomic mass is 35.5. The van der Waals surface area contributed by atoms with Gasteiger partial charge in [0.1, 0.15) is 17.5 Å². The van der Waals surface area contributed by atoms with Gasteiger partial charge in [-0.25, -0.2) is 12.7 Å². The zero-order chi connectivity index (χ0) is 26.7. The Morgan fingerprint density at radius 3 is 2.46 bits per heavy atom. The van der Waals surface area contributed by atoms with Gasteiger partial charge in [-0.15, -0.1) is 0 Å². The molecule has 0 bridgehead atoms. The summed E-state index contributed by atoms with van der Waals surface area (Å²) in [5.74, 6) is -1.76. The molecular formula is C26H29Cl2N3O5S. The fraction of sp³-hybridized carbons (Fsp3) is 0.423. The number of carbonyl (C=O) groups excluding carboxylic acids is 3. The van der Waals surface area contributed by atoms with Crippen LogP contribution in [0.5, 0.6) is 0 Å². The van der Waals surface area contributed by atoms with E-state index in [1.165, 1.54) is 29.2 Å². The summed E-state index contributed by atoms with van der Waals surface area (Å²) >= 11 is 12.4. The Morgan fingerprint density at radius 2 is 1.81 bits per heavy atom. The number of hydrogen-bond donors (Lipinski definition) is 1. The highest BCUT2D eigenvalue weighted by molar-refractivity contribution is 7.90. The van der Waals surface area contributed by atoms with Crippen LogP contribution >= 0.6 is 23.2 Å². The van der Waals surface area contributed by atoms with Crippen LogP contribution in [0, 0.1) is 0 Å². The van der Waals surface area contributed by atoms with Crippen molar-refractivity contribution < 1.29 is 22.8 Å². The zero-order valence-electron chi connectivity index (χ0n) is 20.5. The SMILES string of the molecule is CC[C@@H](C(=O)NC1CCCCC1)N(Cc1ccc(Cl)cc1Cl)C(=O)CN1C(=O)c2ccccc2S1(=O)=O. The van der Waals surface area contributed by atoms with Crippen molar-refractivity contribution in [2.24, 2.45) is 0 Å². The third-order valence-electron chi connectivity index (χ3n) is 6.88. The van der Waals surface area contributed by atoms with Gasteiger partial charge in [0.05, 0.1) is 5.56 Å². The molecule has 198 valence electrons. The second kappa shape index (κ2) is 11.4. The van der Waals surface area contributed by atoms with Crippen molar-refractivity contribution in [2.75, 3.05) is 6.54 Å². The molecule has 1 fully saturated rings. The number of hydrogen-bond acceptors (Lipinski definition) is 5. The van der Waals surface area contributed by atoms with Crippen LogP contribution in [0.1, 0.15) is 61.4 Å². The number of fused-ring (bicyclic) bond motifs is 1. The minimum Gasteiger partial charge on any atom is -0.352 e. The van der Waals surface area contributed by atoms with Gasteiger partial charge < -0.3 is 10.2 Å². The maximum absolute atomic E-state index is 13.7. The molecule has 0 radical (unpaired) electrons. The van der Waals surface area contributed by atoms with Gasteiger partial charge in [-0.1, -0.05) is 67.6 Å². The summed E-state index contributed by atoms with van der Waals surface area (Å²) in [5.41, 5.74) is 0.562. The number of sulfonamides is 1. The quantitative estimate of drug-likeness (QED) is 0.511. The second-order valence-electron chi connectivity index (χ2n) is 9.34. The molecule has 37 heavy (non-hydrogen) atoms. The lowest BCUT2D eigenvalue weighted by Gasteiger charge is -2.33. The number of amides is 3. The molecule has 2 aromatic rings. The molecule has 2 aliphatic rings. The Labute approximate surface area is 227 Å². The third kappa shape index (κ3) is 5.78. The van der Waals surface area contributed by atoms with Gasteiger partial charge in [0.15, 0.2) is 0 Å². The third-order valence-corrected chi connectivity index (χ3v) is 9.26. The van der Waals surface area contributed by atoms with E-state index in [2.05, 4.69) is 5.32 Å². The molecule has 1 heterocycles. The van der Waals surface area contributed by atoms with E-state index in [0.717, 1.165) is 32.1 Å². The van der Waals surface area contributed by atoms with Crippen LogP contribution in [0.3, 0.4) is 0 Å². The second-order valence-corrected chi connectivity index (χ2v) is 12.0. The molecule has 2 aromatic carbocycles. The van der Waals surface area contributed by atoms with Crippen molar-refractivity contribution in [1.29, 1.82) is 0 Å².